The van der Waals surface area contributed by atoms with E-state index in [2.05, 4.69) is 0 Å². The van der Waals surface area contributed by atoms with Crippen molar-refractivity contribution >= 4 is 0 Å². The van der Waals surface area contributed by atoms with Gasteiger partial charge in [0.15, 0.2) is 0 Å². The van der Waals surface area contributed by atoms with Crippen LogP contribution < -0.4 is 10.5 Å². The highest BCUT2D eigenvalue weighted by Gasteiger charge is 2.00. The first-order valence-electron chi connectivity index (χ1n) is 5.34. The van der Waals surface area contributed by atoms with Crippen LogP contribution in [0.15, 0.2) is 54.6 Å². The molecule has 0 bridgehead atoms. The average Bonchev–Trinajstić information content (AvgIpc) is 2.31. The summed E-state index contributed by atoms with van der Waals surface area (Å²) in [5.41, 5.74) is 6.89. The maximum absolute atomic E-state index is 5.78. The van der Waals surface area contributed by atoms with Crippen molar-refractivity contribution in [3.8, 4) is 11.5 Å². The Balaban J connectivity index is 2.11. The molecule has 0 amide bonds. The number of hydrogen-bond donors (Lipinski definition) is 1. The smallest absolute Gasteiger partial charge is 0.127 e. The third-order valence-corrected chi connectivity index (χ3v) is 2.38. The minimum absolute atomic E-state index is 0.0609. The van der Waals surface area contributed by atoms with Crippen LogP contribution in [0.3, 0.4) is 0 Å². The van der Waals surface area contributed by atoms with E-state index in [-0.39, 0.29) is 6.04 Å². The van der Waals surface area contributed by atoms with Crippen molar-refractivity contribution in [3.05, 3.63) is 60.2 Å². The first kappa shape index (κ1) is 10.7. The van der Waals surface area contributed by atoms with Gasteiger partial charge in [0.05, 0.1) is 0 Å². The van der Waals surface area contributed by atoms with Gasteiger partial charge in [0, 0.05) is 6.04 Å². The SMILES string of the molecule is C[C@H](N)c1ccc(Oc2ccccc2)cc1. The predicted octanol–water partition coefficient (Wildman–Crippen LogP) is 3.50. The van der Waals surface area contributed by atoms with Gasteiger partial charge in [-0.25, -0.2) is 0 Å². The first-order chi connectivity index (χ1) is 7.75. The van der Waals surface area contributed by atoms with Crippen LogP contribution >= 0.6 is 0 Å². The lowest BCUT2D eigenvalue weighted by atomic mass is 10.1. The molecule has 0 unspecified atom stereocenters. The number of benzene rings is 2. The van der Waals surface area contributed by atoms with Crippen molar-refractivity contribution in [1.82, 2.24) is 0 Å². The number of ether oxygens (including phenoxy) is 1. The highest BCUT2D eigenvalue weighted by Crippen LogP contribution is 2.22. The Morgan fingerprint density at radius 2 is 1.44 bits per heavy atom. The highest BCUT2D eigenvalue weighted by molar-refractivity contribution is 5.33. The Morgan fingerprint density at radius 3 is 2.00 bits per heavy atom. The molecule has 0 aliphatic carbocycles. The van der Waals surface area contributed by atoms with Crippen molar-refractivity contribution in [2.45, 2.75) is 13.0 Å². The molecule has 0 aliphatic heterocycles. The van der Waals surface area contributed by atoms with Crippen molar-refractivity contribution in [2.75, 3.05) is 0 Å². The number of hydrogen-bond acceptors (Lipinski definition) is 2. The Kier molecular flexibility index (Phi) is 3.22. The van der Waals surface area contributed by atoms with Crippen molar-refractivity contribution in [2.24, 2.45) is 5.73 Å². The fourth-order valence-electron chi connectivity index (χ4n) is 1.46. The van der Waals surface area contributed by atoms with Gasteiger partial charge in [-0.3, -0.25) is 0 Å². The van der Waals surface area contributed by atoms with Crippen LogP contribution in [0, 0.1) is 0 Å². The van der Waals surface area contributed by atoms with E-state index in [0.29, 0.717) is 0 Å². The van der Waals surface area contributed by atoms with E-state index in [0.717, 1.165) is 17.1 Å². The maximum atomic E-state index is 5.78. The molecule has 0 aliphatic rings. The predicted molar refractivity (Wildman–Crippen MR) is 65.6 cm³/mol. The van der Waals surface area contributed by atoms with Crippen LogP contribution in [0.4, 0.5) is 0 Å². The average molecular weight is 213 g/mol. The standard InChI is InChI=1S/C14H15NO/c1-11(15)12-7-9-14(10-8-12)16-13-5-3-2-4-6-13/h2-11H,15H2,1H3/t11-/m0/s1. The van der Waals surface area contributed by atoms with E-state index >= 15 is 0 Å². The second-order valence-corrected chi connectivity index (χ2v) is 3.77. The quantitative estimate of drug-likeness (QED) is 0.846. The lowest BCUT2D eigenvalue weighted by Crippen LogP contribution is -2.04. The first-order valence-corrected chi connectivity index (χ1v) is 5.34. The summed E-state index contributed by atoms with van der Waals surface area (Å²) in [6.45, 7) is 1.97. The molecule has 82 valence electrons. The summed E-state index contributed by atoms with van der Waals surface area (Å²) in [7, 11) is 0. The Bertz CT molecular complexity index is 434. The molecular formula is C14H15NO. The van der Waals surface area contributed by atoms with Crippen LogP contribution in [0.2, 0.25) is 0 Å². The van der Waals surface area contributed by atoms with Crippen LogP contribution in [-0.2, 0) is 0 Å². The van der Waals surface area contributed by atoms with Gasteiger partial charge in [0.25, 0.3) is 0 Å². The van der Waals surface area contributed by atoms with Crippen molar-refractivity contribution < 1.29 is 4.74 Å². The van der Waals surface area contributed by atoms with Gasteiger partial charge in [-0.2, -0.15) is 0 Å². The third kappa shape index (κ3) is 2.61. The van der Waals surface area contributed by atoms with E-state index in [1.54, 1.807) is 0 Å². The lowest BCUT2D eigenvalue weighted by Gasteiger charge is -2.08. The molecule has 0 fully saturated rings. The topological polar surface area (TPSA) is 35.2 Å². The monoisotopic (exact) mass is 213 g/mol. The Labute approximate surface area is 95.7 Å². The molecule has 2 nitrogen and oxygen atoms in total. The second-order valence-electron chi connectivity index (χ2n) is 3.77. The molecular weight excluding hydrogens is 198 g/mol. The van der Waals surface area contributed by atoms with Crippen LogP contribution in [0.25, 0.3) is 0 Å². The van der Waals surface area contributed by atoms with Crippen molar-refractivity contribution in [3.63, 3.8) is 0 Å². The molecule has 2 heteroatoms. The Hall–Kier alpha value is -1.80. The van der Waals surface area contributed by atoms with E-state index in [4.69, 9.17) is 10.5 Å². The number of rotatable bonds is 3. The van der Waals surface area contributed by atoms with Gasteiger partial charge in [-0.1, -0.05) is 30.3 Å². The fourth-order valence-corrected chi connectivity index (χ4v) is 1.46. The molecule has 0 radical (unpaired) electrons. The molecule has 0 heterocycles. The largest absolute Gasteiger partial charge is 0.457 e. The zero-order valence-electron chi connectivity index (χ0n) is 9.26. The van der Waals surface area contributed by atoms with Crippen LogP contribution in [-0.4, -0.2) is 0 Å². The molecule has 0 saturated heterocycles. The molecule has 1 atom stereocenters. The molecule has 0 aromatic heterocycles. The third-order valence-electron chi connectivity index (χ3n) is 2.38. The van der Waals surface area contributed by atoms with E-state index in [9.17, 15) is 0 Å². The van der Waals surface area contributed by atoms with Crippen LogP contribution in [0.5, 0.6) is 11.5 Å². The molecule has 16 heavy (non-hydrogen) atoms. The van der Waals surface area contributed by atoms with E-state index < -0.39 is 0 Å². The van der Waals surface area contributed by atoms with Gasteiger partial charge < -0.3 is 10.5 Å². The maximum Gasteiger partial charge on any atom is 0.127 e. The summed E-state index contributed by atoms with van der Waals surface area (Å²) in [5.74, 6) is 1.67. The molecule has 2 rings (SSSR count). The summed E-state index contributed by atoms with van der Waals surface area (Å²) in [6.07, 6.45) is 0. The number of para-hydroxylation sites is 1. The summed E-state index contributed by atoms with van der Waals surface area (Å²) in [5, 5.41) is 0. The van der Waals surface area contributed by atoms with Crippen molar-refractivity contribution in [1.29, 1.82) is 0 Å². The van der Waals surface area contributed by atoms with Gasteiger partial charge in [-0.05, 0) is 36.8 Å². The zero-order chi connectivity index (χ0) is 11.4. The molecule has 2 aromatic carbocycles. The summed E-state index contributed by atoms with van der Waals surface area (Å²) in [4.78, 5) is 0. The van der Waals surface area contributed by atoms with Gasteiger partial charge in [-0.15, -0.1) is 0 Å². The lowest BCUT2D eigenvalue weighted by molar-refractivity contribution is 0.482. The summed E-state index contributed by atoms with van der Waals surface area (Å²) < 4.78 is 5.67. The van der Waals surface area contributed by atoms with Gasteiger partial charge in [0.2, 0.25) is 0 Å². The Morgan fingerprint density at radius 1 is 0.875 bits per heavy atom. The summed E-state index contributed by atoms with van der Waals surface area (Å²) in [6, 6.07) is 17.6. The molecule has 2 N–H and O–H groups in total. The number of nitrogens with two attached hydrogens (primary N) is 1. The van der Waals surface area contributed by atoms with E-state index in [1.807, 2.05) is 61.5 Å². The molecule has 0 saturated carbocycles. The van der Waals surface area contributed by atoms with Gasteiger partial charge >= 0.3 is 0 Å². The second kappa shape index (κ2) is 4.81. The minimum Gasteiger partial charge on any atom is -0.457 e. The zero-order valence-corrected chi connectivity index (χ0v) is 9.26. The highest BCUT2D eigenvalue weighted by atomic mass is 16.5. The molecule has 2 aromatic rings. The normalized spacial score (nSPS) is 12.1. The van der Waals surface area contributed by atoms with Gasteiger partial charge in [0.1, 0.15) is 11.5 Å². The fraction of sp³-hybridized carbons (Fsp3) is 0.143. The summed E-state index contributed by atoms with van der Waals surface area (Å²) >= 11 is 0. The minimum atomic E-state index is 0.0609. The van der Waals surface area contributed by atoms with E-state index in [1.165, 1.54) is 0 Å². The van der Waals surface area contributed by atoms with Crippen LogP contribution in [0.1, 0.15) is 18.5 Å². The molecule has 0 spiro atoms.